The molecular weight excluding hydrogens is 876 g/mol. The third kappa shape index (κ3) is 19.9. The lowest BCUT2D eigenvalue weighted by molar-refractivity contribution is -0.256. The number of H-pyrrole nitrogens is 1. The van der Waals surface area contributed by atoms with Crippen LogP contribution in [-0.2, 0) is 62.7 Å². The van der Waals surface area contributed by atoms with E-state index in [1.807, 2.05) is 4.98 Å². The van der Waals surface area contributed by atoms with Crippen LogP contribution < -0.4 is 40.6 Å². The summed E-state index contributed by atoms with van der Waals surface area (Å²) in [6.45, 7) is -0.0895. The molecule has 2 N–H and O–H groups in total. The van der Waals surface area contributed by atoms with Crippen LogP contribution in [0.3, 0.4) is 0 Å². The maximum absolute atomic E-state index is 12.1. The zero-order chi connectivity index (χ0) is 41.7. The number of nitrogens with one attached hydrogen (secondary N) is 1. The Kier molecular flexibility index (Phi) is 19.7. The van der Waals surface area contributed by atoms with Crippen LogP contribution >= 0.6 is 46.9 Å². The maximum Gasteiger partial charge on any atom is 0.330 e. The van der Waals surface area contributed by atoms with E-state index in [0.717, 1.165) is 49.3 Å². The zero-order valence-electron chi connectivity index (χ0n) is 28.4. The molecular formula is C21H35N5O23P6-6. The molecule has 1 aliphatic rings. The Hall–Kier alpha value is -1.23. The fourth-order valence-electron chi connectivity index (χ4n) is 4.46. The van der Waals surface area contributed by atoms with Crippen molar-refractivity contribution in [2.75, 3.05) is 19.8 Å². The first-order chi connectivity index (χ1) is 25.3. The van der Waals surface area contributed by atoms with Gasteiger partial charge in [-0.15, -0.1) is 0 Å². The second kappa shape index (κ2) is 21.7. The molecule has 0 bridgehead atoms. The van der Waals surface area contributed by atoms with E-state index in [9.17, 15) is 71.4 Å². The third-order valence-electron chi connectivity index (χ3n) is 6.77. The van der Waals surface area contributed by atoms with Gasteiger partial charge in [-0.05, 0) is 25.3 Å². The Bertz CT molecular complexity index is 1900. The maximum atomic E-state index is 12.1. The number of aliphatic hydroxyl groups excluding tert-OH is 1. The van der Waals surface area contributed by atoms with Crippen LogP contribution in [0.4, 0.5) is 0 Å². The van der Waals surface area contributed by atoms with Crippen LogP contribution in [0, 0.1) is 6.92 Å². The molecule has 0 amide bonds. The van der Waals surface area contributed by atoms with Crippen molar-refractivity contribution in [1.82, 2.24) is 9.55 Å². The first-order valence-electron chi connectivity index (χ1n) is 15.6. The molecule has 1 saturated heterocycles. The minimum absolute atomic E-state index is 0.0578. The van der Waals surface area contributed by atoms with Gasteiger partial charge in [0.05, 0.1) is 19.3 Å². The van der Waals surface area contributed by atoms with E-state index in [2.05, 4.69) is 40.6 Å². The number of unbranched alkanes of at least 4 members (excludes halogenated alkanes) is 8. The molecule has 1 aromatic rings. The van der Waals surface area contributed by atoms with E-state index in [1.165, 1.54) is 6.92 Å². The quantitative estimate of drug-likeness (QED) is 0.0392. The van der Waals surface area contributed by atoms with Crippen molar-refractivity contribution in [1.29, 1.82) is 0 Å². The highest BCUT2D eigenvalue weighted by atomic mass is 31.3. The number of phosphoric ester groups is 2. The van der Waals surface area contributed by atoms with Crippen LogP contribution in [0.1, 0.15) is 76.0 Å². The first-order valence-corrected chi connectivity index (χ1v) is 24.4. The average molecular weight is 911 g/mol. The number of aryl methyl sites for hydroxylation is 1. The summed E-state index contributed by atoms with van der Waals surface area (Å²) in [5.41, 5.74) is 6.56. The minimum Gasteiger partial charge on any atom is -0.756 e. The smallest absolute Gasteiger partial charge is 0.330 e. The Morgan fingerprint density at radius 3 is 1.71 bits per heavy atom. The molecule has 0 radical (unpaired) electrons. The third-order valence-corrected chi connectivity index (χ3v) is 15.7. The van der Waals surface area contributed by atoms with Gasteiger partial charge in [0.1, 0.15) is 12.3 Å². The molecule has 2 heterocycles. The van der Waals surface area contributed by atoms with Gasteiger partial charge in [0.25, 0.3) is 52.5 Å². The Balaban J connectivity index is 1.81. The average Bonchev–Trinajstić information content (AvgIpc) is 3.37. The molecule has 55 heavy (non-hydrogen) atoms. The fraction of sp³-hybridized carbons (Fsp3) is 0.810. The molecule has 2 rings (SSSR count). The van der Waals surface area contributed by atoms with Gasteiger partial charge in [0, 0.05) is 29.6 Å². The number of aliphatic hydroxyl groups is 1. The second-order valence-corrected chi connectivity index (χ2v) is 20.4. The lowest BCUT2D eigenvalue weighted by Crippen LogP contribution is -2.33. The fourth-order valence-corrected chi connectivity index (χ4v) is 12.0. The lowest BCUT2D eigenvalue weighted by Gasteiger charge is -2.38. The van der Waals surface area contributed by atoms with Crippen molar-refractivity contribution < 1.29 is 97.2 Å². The normalized spacial score (nSPS) is 24.0. The number of aromatic nitrogens is 2. The van der Waals surface area contributed by atoms with E-state index in [1.54, 1.807) is 0 Å². The molecule has 0 aromatic carbocycles. The zero-order valence-corrected chi connectivity index (χ0v) is 33.8. The van der Waals surface area contributed by atoms with Gasteiger partial charge < -0.3 is 48.3 Å². The van der Waals surface area contributed by atoms with E-state index in [0.29, 0.717) is 19.4 Å². The van der Waals surface area contributed by atoms with Gasteiger partial charge in [0.15, 0.2) is 0 Å². The van der Waals surface area contributed by atoms with Crippen molar-refractivity contribution >= 4 is 46.9 Å². The van der Waals surface area contributed by atoms with Crippen molar-refractivity contribution in [3.8, 4) is 0 Å². The summed E-state index contributed by atoms with van der Waals surface area (Å²) in [4.78, 5) is 99.6. The number of aromatic amines is 1. The number of nitrogens with zero attached hydrogens (tertiary/aromatic N) is 4. The summed E-state index contributed by atoms with van der Waals surface area (Å²) < 4.78 is 103. The van der Waals surface area contributed by atoms with Gasteiger partial charge in [-0.1, -0.05) is 50.1 Å². The lowest BCUT2D eigenvalue weighted by atomic mass is 10.1. The number of azide groups is 1. The molecule has 34 heteroatoms. The summed E-state index contributed by atoms with van der Waals surface area (Å²) in [5.74, 6) is 0. The SMILES string of the molecule is Cc1cn([C@H]2C[C@@H](O)[C@@H](COP(=O)([O-])OP(=O)([O-])OP(=O)([O-])OP(=O)([O-])OP(=O)([O-])OP(=O)([O-])OCCCCCCCCCCCN=[N+]=[N-])O2)c(=O)[nH]c1=O. The van der Waals surface area contributed by atoms with E-state index >= 15 is 0 Å². The second-order valence-electron chi connectivity index (χ2n) is 11.3. The molecule has 1 fully saturated rings. The van der Waals surface area contributed by atoms with Crippen LogP contribution in [-0.4, -0.2) is 46.6 Å². The van der Waals surface area contributed by atoms with Gasteiger partial charge in [0.2, 0.25) is 0 Å². The predicted octanol–water partition coefficient (Wildman–Crippen LogP) is 0.241. The van der Waals surface area contributed by atoms with E-state index in [-0.39, 0.29) is 18.4 Å². The molecule has 1 aromatic heterocycles. The molecule has 28 nitrogen and oxygen atoms in total. The monoisotopic (exact) mass is 911 g/mol. The summed E-state index contributed by atoms with van der Waals surface area (Å²) in [6, 6.07) is 0. The van der Waals surface area contributed by atoms with Crippen molar-refractivity contribution in [3.63, 3.8) is 0 Å². The molecule has 0 saturated carbocycles. The van der Waals surface area contributed by atoms with Crippen molar-refractivity contribution in [2.24, 2.45) is 5.11 Å². The topological polar surface area (TPSA) is 438 Å². The molecule has 318 valence electrons. The Morgan fingerprint density at radius 1 is 0.782 bits per heavy atom. The van der Waals surface area contributed by atoms with Crippen LogP contribution in [0.25, 0.3) is 10.4 Å². The standard InChI is InChI=1S/C21H41N5O23P6/c1-16-14-26(21(29)24-20(16)28)19-13-17(27)18(44-19)15-43-51(32,33)46-53(36,37)48-55(40,41)49-54(38,39)47-52(34,35)45-50(30,31)42-12-10-8-6-4-2-3-5-7-9-11-23-25-22/h14,17-19,27H,2-13,15H2,1H3,(H,30,31)(H,32,33)(H,34,35)(H,36,37)(H,38,39)(H,40,41)(H,24,28,29)/p-6/t17-,18-,19-/m1/s1. The molecule has 0 spiro atoms. The predicted molar refractivity (Wildman–Crippen MR) is 169 cm³/mol. The van der Waals surface area contributed by atoms with Gasteiger partial charge in [-0.2, -0.15) is 0 Å². The highest BCUT2D eigenvalue weighted by Gasteiger charge is 2.38. The molecule has 1 aliphatic heterocycles. The summed E-state index contributed by atoms with van der Waals surface area (Å²) in [5, 5.41) is 13.6. The molecule has 0 aliphatic carbocycles. The highest BCUT2D eigenvalue weighted by Crippen LogP contribution is 2.70. The number of hydrogen-bond acceptors (Lipinski definition) is 24. The Labute approximate surface area is 311 Å². The molecule has 6 unspecified atom stereocenters. The van der Waals surface area contributed by atoms with Crippen LogP contribution in [0.15, 0.2) is 20.9 Å². The number of phosphoric acid groups is 6. The van der Waals surface area contributed by atoms with Crippen molar-refractivity contribution in [2.45, 2.75) is 89.6 Å². The summed E-state index contributed by atoms with van der Waals surface area (Å²) >= 11 is 0. The van der Waals surface area contributed by atoms with Crippen LogP contribution in [0.5, 0.6) is 0 Å². The van der Waals surface area contributed by atoms with Crippen LogP contribution in [0.2, 0.25) is 0 Å². The van der Waals surface area contributed by atoms with E-state index in [4.69, 9.17) is 10.3 Å². The minimum atomic E-state index is -6.91. The van der Waals surface area contributed by atoms with Gasteiger partial charge >= 0.3 is 5.69 Å². The first kappa shape index (κ1) is 49.9. The number of rotatable bonds is 27. The van der Waals surface area contributed by atoms with E-state index < -0.39 is 89.8 Å². The summed E-state index contributed by atoms with van der Waals surface area (Å²) in [7, 11) is -39.2. The Morgan fingerprint density at radius 2 is 1.22 bits per heavy atom. The summed E-state index contributed by atoms with van der Waals surface area (Å²) in [6.07, 6.45) is 2.57. The number of ether oxygens (including phenoxy) is 1. The van der Waals surface area contributed by atoms with Gasteiger partial charge in [-0.3, -0.25) is 41.7 Å². The highest BCUT2D eigenvalue weighted by molar-refractivity contribution is 7.71. The van der Waals surface area contributed by atoms with Crippen molar-refractivity contribution in [3.05, 3.63) is 43.0 Å². The largest absolute Gasteiger partial charge is 0.756 e. The van der Waals surface area contributed by atoms with Gasteiger partial charge in [-0.25, -0.2) is 26.3 Å². The number of hydrogen-bond donors (Lipinski definition) is 2. The molecule has 9 atom stereocenters.